The normalized spacial score (nSPS) is 28.6. The summed E-state index contributed by atoms with van der Waals surface area (Å²) < 4.78 is 27.7. The number of ether oxygens (including phenoxy) is 1. The molecule has 0 heterocycles. The lowest BCUT2D eigenvalue weighted by Crippen LogP contribution is -2.11. The summed E-state index contributed by atoms with van der Waals surface area (Å²) in [6.45, 7) is -1.71. The first-order valence-electron chi connectivity index (χ1n) is 4.82. The predicted molar refractivity (Wildman–Crippen MR) is 46.5 cm³/mol. The van der Waals surface area contributed by atoms with E-state index in [4.69, 9.17) is 5.73 Å². The molecule has 1 aliphatic rings. The smallest absolute Gasteiger partial charge is 0.330 e. The molecule has 2 atom stereocenters. The van der Waals surface area contributed by atoms with Crippen molar-refractivity contribution in [2.75, 3.05) is 13.2 Å². The van der Waals surface area contributed by atoms with Crippen molar-refractivity contribution in [2.24, 2.45) is 17.6 Å². The summed E-state index contributed by atoms with van der Waals surface area (Å²) in [5.74, 6) is 0.960. The summed E-state index contributed by atoms with van der Waals surface area (Å²) in [7, 11) is 0. The monoisotopic (exact) mass is 193 g/mol. The van der Waals surface area contributed by atoms with Crippen LogP contribution in [-0.4, -0.2) is 19.8 Å². The van der Waals surface area contributed by atoms with Gasteiger partial charge in [-0.15, -0.1) is 0 Å². The molecule has 78 valence electrons. The van der Waals surface area contributed by atoms with Gasteiger partial charge in [-0.2, -0.15) is 8.78 Å². The molecule has 0 radical (unpaired) electrons. The zero-order valence-corrected chi connectivity index (χ0v) is 7.72. The number of rotatable bonds is 5. The molecule has 0 bridgehead atoms. The lowest BCUT2D eigenvalue weighted by molar-refractivity contribution is -0.137. The largest absolute Gasteiger partial charge is 0.345 e. The fraction of sp³-hybridized carbons (Fsp3) is 1.00. The Morgan fingerprint density at radius 1 is 1.31 bits per heavy atom. The average molecular weight is 193 g/mol. The molecule has 4 heteroatoms. The van der Waals surface area contributed by atoms with Gasteiger partial charge in [0, 0.05) is 0 Å². The Labute approximate surface area is 77.4 Å². The SMILES string of the molecule is NCCC1CCC(COC(F)F)C1. The van der Waals surface area contributed by atoms with Gasteiger partial charge in [0.05, 0.1) is 6.61 Å². The maximum Gasteiger partial charge on any atom is 0.345 e. The van der Waals surface area contributed by atoms with Crippen LogP contribution < -0.4 is 5.73 Å². The van der Waals surface area contributed by atoms with Crippen molar-refractivity contribution in [2.45, 2.75) is 32.3 Å². The van der Waals surface area contributed by atoms with E-state index in [1.165, 1.54) is 0 Å². The zero-order chi connectivity index (χ0) is 9.68. The maximum absolute atomic E-state index is 11.7. The Balaban J connectivity index is 2.10. The Kier molecular flexibility index (Phi) is 4.59. The third kappa shape index (κ3) is 4.00. The topological polar surface area (TPSA) is 35.2 Å². The molecule has 2 N–H and O–H groups in total. The van der Waals surface area contributed by atoms with Crippen LogP contribution in [-0.2, 0) is 4.74 Å². The van der Waals surface area contributed by atoms with Gasteiger partial charge in [-0.05, 0) is 37.6 Å². The molecule has 0 aromatic heterocycles. The molecule has 0 saturated heterocycles. The summed E-state index contributed by atoms with van der Waals surface area (Å²) in [5, 5.41) is 0. The molecule has 0 spiro atoms. The van der Waals surface area contributed by atoms with Crippen molar-refractivity contribution < 1.29 is 13.5 Å². The number of hydrogen-bond donors (Lipinski definition) is 1. The van der Waals surface area contributed by atoms with Crippen molar-refractivity contribution >= 4 is 0 Å². The fourth-order valence-corrected chi connectivity index (χ4v) is 2.04. The Morgan fingerprint density at radius 3 is 2.62 bits per heavy atom. The van der Waals surface area contributed by atoms with Crippen LogP contribution in [0.15, 0.2) is 0 Å². The van der Waals surface area contributed by atoms with E-state index in [1.54, 1.807) is 0 Å². The van der Waals surface area contributed by atoms with Gasteiger partial charge < -0.3 is 10.5 Å². The van der Waals surface area contributed by atoms with Gasteiger partial charge in [-0.25, -0.2) is 0 Å². The van der Waals surface area contributed by atoms with Crippen molar-refractivity contribution in [3.63, 3.8) is 0 Å². The summed E-state index contributed by atoms with van der Waals surface area (Å²) in [4.78, 5) is 0. The van der Waals surface area contributed by atoms with Crippen molar-refractivity contribution in [3.05, 3.63) is 0 Å². The van der Waals surface area contributed by atoms with Crippen molar-refractivity contribution in [1.29, 1.82) is 0 Å². The standard InChI is InChI=1S/C9H17F2NO/c10-9(11)13-6-8-2-1-7(5-8)3-4-12/h7-9H,1-6,12H2. The molecule has 1 aliphatic carbocycles. The van der Waals surface area contributed by atoms with Gasteiger partial charge in [-0.1, -0.05) is 6.42 Å². The van der Waals surface area contributed by atoms with E-state index in [1.807, 2.05) is 0 Å². The average Bonchev–Trinajstić information content (AvgIpc) is 2.50. The summed E-state index contributed by atoms with van der Waals surface area (Å²) in [5.41, 5.74) is 5.42. The van der Waals surface area contributed by atoms with Gasteiger partial charge in [0.1, 0.15) is 0 Å². The lowest BCUT2D eigenvalue weighted by Gasteiger charge is -2.10. The molecular formula is C9H17F2NO. The number of halogens is 2. The van der Waals surface area contributed by atoms with Crippen LogP contribution in [0.4, 0.5) is 8.78 Å². The second kappa shape index (κ2) is 5.50. The third-order valence-corrected chi connectivity index (χ3v) is 2.68. The van der Waals surface area contributed by atoms with Crippen LogP contribution in [0.3, 0.4) is 0 Å². The van der Waals surface area contributed by atoms with Crippen LogP contribution >= 0.6 is 0 Å². The second-order valence-corrected chi connectivity index (χ2v) is 3.72. The van der Waals surface area contributed by atoms with Crippen LogP contribution in [0.1, 0.15) is 25.7 Å². The van der Waals surface area contributed by atoms with Crippen molar-refractivity contribution in [3.8, 4) is 0 Å². The number of alkyl halides is 2. The molecule has 1 saturated carbocycles. The van der Waals surface area contributed by atoms with E-state index in [0.717, 1.165) is 25.7 Å². The molecule has 0 aromatic carbocycles. The highest BCUT2D eigenvalue weighted by Gasteiger charge is 2.24. The molecule has 1 rings (SSSR count). The summed E-state index contributed by atoms with van der Waals surface area (Å²) in [6, 6.07) is 0. The Bertz CT molecular complexity index is 144. The van der Waals surface area contributed by atoms with E-state index in [-0.39, 0.29) is 6.61 Å². The van der Waals surface area contributed by atoms with Gasteiger partial charge in [0.2, 0.25) is 0 Å². The molecule has 0 aromatic rings. The highest BCUT2D eigenvalue weighted by molar-refractivity contribution is 4.75. The molecule has 2 nitrogen and oxygen atoms in total. The van der Waals surface area contributed by atoms with Crippen LogP contribution in [0, 0.1) is 11.8 Å². The van der Waals surface area contributed by atoms with Crippen LogP contribution in [0.5, 0.6) is 0 Å². The quantitative estimate of drug-likeness (QED) is 0.724. The highest BCUT2D eigenvalue weighted by atomic mass is 19.3. The first-order chi connectivity index (χ1) is 6.22. The predicted octanol–water partition coefficient (Wildman–Crippen LogP) is 1.99. The minimum atomic E-state index is -2.62. The minimum Gasteiger partial charge on any atom is -0.330 e. The highest BCUT2D eigenvalue weighted by Crippen LogP contribution is 2.32. The molecule has 0 amide bonds. The van der Waals surface area contributed by atoms with Crippen molar-refractivity contribution in [1.82, 2.24) is 0 Å². The molecule has 2 unspecified atom stereocenters. The molecular weight excluding hydrogens is 176 g/mol. The van der Waals surface area contributed by atoms with Crippen LogP contribution in [0.2, 0.25) is 0 Å². The summed E-state index contributed by atoms with van der Waals surface area (Å²) >= 11 is 0. The fourth-order valence-electron chi connectivity index (χ4n) is 2.04. The van der Waals surface area contributed by atoms with E-state index < -0.39 is 6.61 Å². The minimum absolute atomic E-state index is 0.207. The molecule has 13 heavy (non-hydrogen) atoms. The maximum atomic E-state index is 11.7. The Morgan fingerprint density at radius 2 is 2.00 bits per heavy atom. The van der Waals surface area contributed by atoms with Gasteiger partial charge in [-0.3, -0.25) is 0 Å². The van der Waals surface area contributed by atoms with Gasteiger partial charge in [0.15, 0.2) is 0 Å². The number of hydrogen-bond acceptors (Lipinski definition) is 2. The Hall–Kier alpha value is -0.220. The van der Waals surface area contributed by atoms with Gasteiger partial charge in [0.25, 0.3) is 0 Å². The van der Waals surface area contributed by atoms with Crippen LogP contribution in [0.25, 0.3) is 0 Å². The van der Waals surface area contributed by atoms with Gasteiger partial charge >= 0.3 is 6.61 Å². The first-order valence-corrected chi connectivity index (χ1v) is 4.82. The summed E-state index contributed by atoms with van der Waals surface area (Å²) in [6.07, 6.45) is 4.15. The van der Waals surface area contributed by atoms with E-state index in [9.17, 15) is 8.78 Å². The van der Waals surface area contributed by atoms with E-state index in [0.29, 0.717) is 18.4 Å². The van der Waals surface area contributed by atoms with E-state index in [2.05, 4.69) is 4.74 Å². The second-order valence-electron chi connectivity index (χ2n) is 3.72. The van der Waals surface area contributed by atoms with E-state index >= 15 is 0 Å². The lowest BCUT2D eigenvalue weighted by atomic mass is 10.0. The first kappa shape index (κ1) is 10.9. The molecule has 0 aliphatic heterocycles. The molecule has 1 fully saturated rings. The number of nitrogens with two attached hydrogens (primary N) is 1. The third-order valence-electron chi connectivity index (χ3n) is 2.68. The zero-order valence-electron chi connectivity index (χ0n) is 7.72.